The SMILES string of the molecule is COC(=O)C(C)S(=O)(=O)NC1CCCC1(C)C(=O)O. The van der Waals surface area contributed by atoms with E-state index >= 15 is 0 Å². The molecule has 0 aromatic heterocycles. The van der Waals surface area contributed by atoms with Gasteiger partial charge < -0.3 is 9.84 Å². The molecule has 1 aliphatic rings. The van der Waals surface area contributed by atoms with E-state index in [0.29, 0.717) is 19.3 Å². The first-order chi connectivity index (χ1) is 8.65. The third-order valence-electron chi connectivity index (χ3n) is 3.75. The maximum atomic E-state index is 12.0. The first-order valence-corrected chi connectivity index (χ1v) is 7.52. The van der Waals surface area contributed by atoms with Crippen LogP contribution in [0.15, 0.2) is 0 Å². The summed E-state index contributed by atoms with van der Waals surface area (Å²) in [5.74, 6) is -1.91. The number of carbonyl (C=O) groups is 2. The Balaban J connectivity index is 2.90. The molecule has 110 valence electrons. The third-order valence-corrected chi connectivity index (χ3v) is 5.49. The van der Waals surface area contributed by atoms with Gasteiger partial charge in [-0.25, -0.2) is 13.1 Å². The Morgan fingerprint density at radius 2 is 2.05 bits per heavy atom. The van der Waals surface area contributed by atoms with E-state index < -0.39 is 38.7 Å². The van der Waals surface area contributed by atoms with Crippen molar-refractivity contribution >= 4 is 22.0 Å². The van der Waals surface area contributed by atoms with Crippen molar-refractivity contribution in [2.45, 2.75) is 44.4 Å². The molecule has 0 saturated heterocycles. The van der Waals surface area contributed by atoms with E-state index in [2.05, 4.69) is 9.46 Å². The molecule has 1 aliphatic carbocycles. The van der Waals surface area contributed by atoms with E-state index in [1.165, 1.54) is 13.8 Å². The monoisotopic (exact) mass is 293 g/mol. The smallest absolute Gasteiger partial charge is 0.325 e. The highest BCUT2D eigenvalue weighted by Crippen LogP contribution is 2.38. The molecule has 19 heavy (non-hydrogen) atoms. The van der Waals surface area contributed by atoms with Gasteiger partial charge >= 0.3 is 11.9 Å². The summed E-state index contributed by atoms with van der Waals surface area (Å²) in [6.45, 7) is 2.72. The van der Waals surface area contributed by atoms with Crippen molar-refractivity contribution in [1.29, 1.82) is 0 Å². The van der Waals surface area contributed by atoms with Crippen LogP contribution >= 0.6 is 0 Å². The molecule has 3 atom stereocenters. The van der Waals surface area contributed by atoms with E-state index in [9.17, 15) is 23.1 Å². The van der Waals surface area contributed by atoms with Gasteiger partial charge in [-0.15, -0.1) is 0 Å². The van der Waals surface area contributed by atoms with Gasteiger partial charge in [0.25, 0.3) is 0 Å². The molecule has 0 aliphatic heterocycles. The van der Waals surface area contributed by atoms with Crippen LogP contribution in [0.4, 0.5) is 0 Å². The predicted octanol–water partition coefficient (Wildman–Crippen LogP) is 0.111. The summed E-state index contributed by atoms with van der Waals surface area (Å²) in [4.78, 5) is 22.5. The van der Waals surface area contributed by atoms with Crippen LogP contribution in [0.2, 0.25) is 0 Å². The molecule has 0 radical (unpaired) electrons. The minimum Gasteiger partial charge on any atom is -0.481 e. The number of nitrogens with one attached hydrogen (secondary N) is 1. The predicted molar refractivity (Wildman–Crippen MR) is 66.9 cm³/mol. The largest absolute Gasteiger partial charge is 0.481 e. The van der Waals surface area contributed by atoms with Crippen LogP contribution in [-0.2, 0) is 24.3 Å². The van der Waals surface area contributed by atoms with E-state index in [0.717, 1.165) is 7.11 Å². The van der Waals surface area contributed by atoms with Crippen LogP contribution in [-0.4, -0.2) is 43.9 Å². The summed E-state index contributed by atoms with van der Waals surface area (Å²) in [7, 11) is -2.85. The van der Waals surface area contributed by atoms with Gasteiger partial charge in [-0.1, -0.05) is 6.42 Å². The highest BCUT2D eigenvalue weighted by Gasteiger charge is 2.47. The number of carboxylic acid groups (broad SMARTS) is 1. The van der Waals surface area contributed by atoms with Gasteiger partial charge in [0.2, 0.25) is 10.0 Å². The Morgan fingerprint density at radius 3 is 2.53 bits per heavy atom. The van der Waals surface area contributed by atoms with Crippen molar-refractivity contribution in [2.75, 3.05) is 7.11 Å². The van der Waals surface area contributed by atoms with Crippen LogP contribution in [0.1, 0.15) is 33.1 Å². The highest BCUT2D eigenvalue weighted by molar-refractivity contribution is 7.90. The second-order valence-electron chi connectivity index (χ2n) is 5.00. The lowest BCUT2D eigenvalue weighted by molar-refractivity contribution is -0.148. The first kappa shape index (κ1) is 15.9. The van der Waals surface area contributed by atoms with Crippen molar-refractivity contribution in [3.8, 4) is 0 Å². The molecule has 2 N–H and O–H groups in total. The number of hydrogen-bond acceptors (Lipinski definition) is 5. The van der Waals surface area contributed by atoms with Crippen molar-refractivity contribution < 1.29 is 27.9 Å². The van der Waals surface area contributed by atoms with Crippen molar-refractivity contribution in [3.63, 3.8) is 0 Å². The fraction of sp³-hybridized carbons (Fsp3) is 0.818. The zero-order valence-corrected chi connectivity index (χ0v) is 12.0. The molecule has 8 heteroatoms. The summed E-state index contributed by atoms with van der Waals surface area (Å²) in [5.41, 5.74) is -1.14. The van der Waals surface area contributed by atoms with E-state index in [1.807, 2.05) is 0 Å². The molecule has 0 spiro atoms. The summed E-state index contributed by atoms with van der Waals surface area (Å²) in [5, 5.41) is 7.84. The van der Waals surface area contributed by atoms with Crippen LogP contribution < -0.4 is 4.72 Å². The number of ether oxygens (including phenoxy) is 1. The lowest BCUT2D eigenvalue weighted by Gasteiger charge is -2.28. The first-order valence-electron chi connectivity index (χ1n) is 5.97. The van der Waals surface area contributed by atoms with E-state index in [4.69, 9.17) is 0 Å². The average Bonchev–Trinajstić information content (AvgIpc) is 2.69. The van der Waals surface area contributed by atoms with Crippen LogP contribution in [0.25, 0.3) is 0 Å². The maximum absolute atomic E-state index is 12.0. The minimum absolute atomic E-state index is 0.405. The molecule has 0 aromatic carbocycles. The number of carboxylic acids is 1. The molecule has 3 unspecified atom stereocenters. The van der Waals surface area contributed by atoms with Crippen molar-refractivity contribution in [2.24, 2.45) is 5.41 Å². The molecule has 0 aromatic rings. The van der Waals surface area contributed by atoms with Gasteiger partial charge in [-0.2, -0.15) is 0 Å². The number of esters is 1. The Hall–Kier alpha value is -1.15. The zero-order valence-electron chi connectivity index (χ0n) is 11.2. The number of aliphatic carboxylic acids is 1. The molecule has 0 heterocycles. The summed E-state index contributed by atoms with van der Waals surface area (Å²) in [6, 6.07) is -0.706. The summed E-state index contributed by atoms with van der Waals surface area (Å²) >= 11 is 0. The van der Waals surface area contributed by atoms with Crippen molar-refractivity contribution in [3.05, 3.63) is 0 Å². The lowest BCUT2D eigenvalue weighted by atomic mass is 9.85. The Labute approximate surface area is 112 Å². The standard InChI is InChI=1S/C11H19NO6S/c1-7(9(13)18-3)19(16,17)12-8-5-4-6-11(8,2)10(14)15/h7-8,12H,4-6H2,1-3H3,(H,14,15). The topological polar surface area (TPSA) is 110 Å². The lowest BCUT2D eigenvalue weighted by Crippen LogP contribution is -2.50. The zero-order chi connectivity index (χ0) is 14.8. The van der Waals surface area contributed by atoms with Gasteiger partial charge in [0.1, 0.15) is 0 Å². The Bertz CT molecular complexity index is 474. The molecule has 0 amide bonds. The van der Waals surface area contributed by atoms with Crippen LogP contribution in [0.5, 0.6) is 0 Å². The van der Waals surface area contributed by atoms with E-state index in [1.54, 1.807) is 0 Å². The van der Waals surface area contributed by atoms with Crippen LogP contribution in [0.3, 0.4) is 0 Å². The molecule has 0 bridgehead atoms. The summed E-state index contributed by atoms with van der Waals surface area (Å²) < 4.78 is 30.7. The molecule has 7 nitrogen and oxygen atoms in total. The number of sulfonamides is 1. The maximum Gasteiger partial charge on any atom is 0.325 e. The van der Waals surface area contributed by atoms with E-state index in [-0.39, 0.29) is 0 Å². The molecule has 1 fully saturated rings. The fourth-order valence-corrected chi connectivity index (χ4v) is 3.53. The molecular formula is C11H19NO6S. The highest BCUT2D eigenvalue weighted by atomic mass is 32.2. The quantitative estimate of drug-likeness (QED) is 0.696. The van der Waals surface area contributed by atoms with Crippen LogP contribution in [0, 0.1) is 5.41 Å². The molecule has 1 rings (SSSR count). The summed E-state index contributed by atoms with van der Waals surface area (Å²) in [6.07, 6.45) is 1.47. The Morgan fingerprint density at radius 1 is 1.47 bits per heavy atom. The second kappa shape index (κ2) is 5.46. The van der Waals surface area contributed by atoms with Gasteiger partial charge in [0.15, 0.2) is 5.25 Å². The minimum atomic E-state index is -3.95. The fourth-order valence-electron chi connectivity index (χ4n) is 2.20. The number of carbonyl (C=O) groups excluding carboxylic acids is 1. The van der Waals surface area contributed by atoms with Gasteiger partial charge in [-0.05, 0) is 26.7 Å². The second-order valence-corrected chi connectivity index (χ2v) is 7.03. The molecule has 1 saturated carbocycles. The van der Waals surface area contributed by atoms with Crippen molar-refractivity contribution in [1.82, 2.24) is 4.72 Å². The number of hydrogen-bond donors (Lipinski definition) is 2. The van der Waals surface area contributed by atoms with Gasteiger partial charge in [0.05, 0.1) is 12.5 Å². The Kier molecular flexibility index (Phi) is 4.57. The normalized spacial score (nSPS) is 28.9. The van der Waals surface area contributed by atoms with Gasteiger partial charge in [0, 0.05) is 6.04 Å². The number of methoxy groups -OCH3 is 1. The number of rotatable bonds is 5. The average molecular weight is 293 g/mol. The van der Waals surface area contributed by atoms with Gasteiger partial charge in [-0.3, -0.25) is 9.59 Å². The molecular weight excluding hydrogens is 274 g/mol. The third kappa shape index (κ3) is 3.06.